The monoisotopic (exact) mass is 511 g/mol. The SMILES string of the molecule is CO[C@@H]1CN(C)C(=O)c2ccc(NC(=O)C3CCC3)cc2OC[C@@H](C)N(Cc2ccc(F)cc2)C[C@H]1C. The largest absolute Gasteiger partial charge is 0.491 e. The number of rotatable bonds is 5. The van der Waals surface area contributed by atoms with Gasteiger partial charge in [0.25, 0.3) is 5.91 Å². The minimum absolute atomic E-state index is 0.00154. The van der Waals surface area contributed by atoms with Crippen molar-refractivity contribution < 1.29 is 23.5 Å². The molecule has 2 aromatic carbocycles. The minimum atomic E-state index is -0.258. The van der Waals surface area contributed by atoms with Crippen LogP contribution in [0.1, 0.15) is 49.0 Å². The number of benzene rings is 2. The van der Waals surface area contributed by atoms with E-state index in [9.17, 15) is 14.0 Å². The fraction of sp³-hybridized carbons (Fsp3) is 0.517. The highest BCUT2D eigenvalue weighted by Gasteiger charge is 2.29. The number of amides is 2. The molecular weight excluding hydrogens is 473 g/mol. The van der Waals surface area contributed by atoms with Crippen LogP contribution in [-0.2, 0) is 16.1 Å². The van der Waals surface area contributed by atoms with E-state index in [-0.39, 0.29) is 41.6 Å². The number of nitrogens with one attached hydrogen (secondary N) is 1. The molecule has 0 radical (unpaired) electrons. The molecule has 0 saturated heterocycles. The van der Waals surface area contributed by atoms with Gasteiger partial charge in [0.2, 0.25) is 5.91 Å². The van der Waals surface area contributed by atoms with E-state index in [0.29, 0.717) is 43.2 Å². The van der Waals surface area contributed by atoms with Crippen molar-refractivity contribution in [2.24, 2.45) is 11.8 Å². The molecule has 1 heterocycles. The minimum Gasteiger partial charge on any atom is -0.491 e. The van der Waals surface area contributed by atoms with Gasteiger partial charge in [-0.1, -0.05) is 25.5 Å². The van der Waals surface area contributed by atoms with Crippen LogP contribution < -0.4 is 10.1 Å². The van der Waals surface area contributed by atoms with Crippen molar-refractivity contribution in [1.82, 2.24) is 9.80 Å². The lowest BCUT2D eigenvalue weighted by atomic mass is 9.85. The zero-order valence-electron chi connectivity index (χ0n) is 22.2. The van der Waals surface area contributed by atoms with Crippen molar-refractivity contribution in [2.45, 2.75) is 51.8 Å². The molecule has 1 fully saturated rings. The Hall–Kier alpha value is -2.97. The Labute approximate surface area is 218 Å². The highest BCUT2D eigenvalue weighted by molar-refractivity contribution is 5.99. The zero-order chi connectivity index (χ0) is 26.5. The van der Waals surface area contributed by atoms with Crippen LogP contribution in [0.25, 0.3) is 0 Å². The summed E-state index contributed by atoms with van der Waals surface area (Å²) in [5, 5.41) is 2.98. The molecule has 7 nitrogen and oxygen atoms in total. The molecule has 2 amide bonds. The Balaban J connectivity index is 1.61. The summed E-state index contributed by atoms with van der Waals surface area (Å²) >= 11 is 0. The molecule has 1 N–H and O–H groups in total. The average Bonchev–Trinajstić information content (AvgIpc) is 2.84. The molecule has 2 aliphatic rings. The Bertz CT molecular complexity index is 1090. The maximum absolute atomic E-state index is 13.5. The van der Waals surface area contributed by atoms with Gasteiger partial charge in [-0.2, -0.15) is 0 Å². The second kappa shape index (κ2) is 12.0. The summed E-state index contributed by atoms with van der Waals surface area (Å²) in [5.74, 6) is 0.232. The van der Waals surface area contributed by atoms with Crippen LogP contribution in [0.4, 0.5) is 10.1 Å². The van der Waals surface area contributed by atoms with Crippen LogP contribution in [-0.4, -0.2) is 67.6 Å². The lowest BCUT2D eigenvalue weighted by Gasteiger charge is -2.36. The summed E-state index contributed by atoms with van der Waals surface area (Å²) in [5.41, 5.74) is 2.08. The van der Waals surface area contributed by atoms with E-state index in [0.717, 1.165) is 24.8 Å². The van der Waals surface area contributed by atoms with Gasteiger partial charge in [-0.15, -0.1) is 0 Å². The molecule has 1 aliphatic carbocycles. The molecule has 0 bridgehead atoms. The van der Waals surface area contributed by atoms with E-state index < -0.39 is 0 Å². The number of carbonyl (C=O) groups is 2. The van der Waals surface area contributed by atoms with Gasteiger partial charge in [0.15, 0.2) is 0 Å². The number of likely N-dealkylation sites (N-methyl/N-ethyl adjacent to an activating group) is 1. The third kappa shape index (κ3) is 6.67. The maximum atomic E-state index is 13.5. The Morgan fingerprint density at radius 3 is 2.51 bits per heavy atom. The standard InChI is InChI=1S/C29H38FN3O4/c1-19-15-33(16-21-8-10-23(30)11-9-21)20(2)18-37-26-14-24(31-28(34)22-6-5-7-22)12-13-25(26)29(35)32(3)17-27(19)36-4/h8-14,19-20,22,27H,5-7,15-18H2,1-4H3,(H,31,34)/t19-,20-,27-/m1/s1. The number of hydrogen-bond donors (Lipinski definition) is 1. The van der Waals surface area contributed by atoms with Crippen LogP contribution in [0.15, 0.2) is 42.5 Å². The first-order valence-electron chi connectivity index (χ1n) is 13.1. The van der Waals surface area contributed by atoms with Gasteiger partial charge < -0.3 is 19.7 Å². The first-order chi connectivity index (χ1) is 17.7. The summed E-state index contributed by atoms with van der Waals surface area (Å²) in [6.07, 6.45) is 2.75. The van der Waals surface area contributed by atoms with Crippen LogP contribution in [0.3, 0.4) is 0 Å². The smallest absolute Gasteiger partial charge is 0.257 e. The Morgan fingerprint density at radius 2 is 1.86 bits per heavy atom. The number of fused-ring (bicyclic) bond motifs is 1. The third-order valence-corrected chi connectivity index (χ3v) is 7.62. The first-order valence-corrected chi connectivity index (χ1v) is 13.1. The maximum Gasteiger partial charge on any atom is 0.257 e. The van der Waals surface area contributed by atoms with Gasteiger partial charge in [0.05, 0.1) is 11.7 Å². The molecule has 3 atom stereocenters. The first kappa shape index (κ1) is 27.1. The zero-order valence-corrected chi connectivity index (χ0v) is 22.2. The number of methoxy groups -OCH3 is 1. The summed E-state index contributed by atoms with van der Waals surface area (Å²) in [7, 11) is 3.44. The quantitative estimate of drug-likeness (QED) is 0.637. The van der Waals surface area contributed by atoms with Crippen molar-refractivity contribution in [3.05, 3.63) is 59.4 Å². The Morgan fingerprint density at radius 1 is 1.14 bits per heavy atom. The molecule has 0 spiro atoms. The van der Waals surface area contributed by atoms with Gasteiger partial charge in [-0.05, 0) is 55.5 Å². The number of hydrogen-bond acceptors (Lipinski definition) is 5. The number of ether oxygens (including phenoxy) is 2. The molecule has 37 heavy (non-hydrogen) atoms. The van der Waals surface area contributed by atoms with Crippen LogP contribution in [0.2, 0.25) is 0 Å². The van der Waals surface area contributed by atoms with Crippen LogP contribution in [0, 0.1) is 17.7 Å². The topological polar surface area (TPSA) is 71.1 Å². The third-order valence-electron chi connectivity index (χ3n) is 7.62. The molecule has 2 aromatic rings. The van der Waals surface area contributed by atoms with Gasteiger partial charge in [-0.3, -0.25) is 14.5 Å². The summed E-state index contributed by atoms with van der Waals surface area (Å²) in [4.78, 5) is 29.9. The predicted octanol–water partition coefficient (Wildman–Crippen LogP) is 4.57. The molecule has 1 aliphatic heterocycles. The average molecular weight is 512 g/mol. The van der Waals surface area contributed by atoms with Crippen LogP contribution >= 0.6 is 0 Å². The highest BCUT2D eigenvalue weighted by atomic mass is 19.1. The number of carbonyl (C=O) groups excluding carboxylic acids is 2. The van der Waals surface area contributed by atoms with Crippen molar-refractivity contribution in [1.29, 1.82) is 0 Å². The number of nitrogens with zero attached hydrogens (tertiary/aromatic N) is 2. The van der Waals surface area contributed by atoms with Crippen molar-refractivity contribution in [3.63, 3.8) is 0 Å². The van der Waals surface area contributed by atoms with E-state index in [1.165, 1.54) is 12.1 Å². The lowest BCUT2D eigenvalue weighted by Crippen LogP contribution is -2.46. The van der Waals surface area contributed by atoms with Crippen molar-refractivity contribution in [3.8, 4) is 5.75 Å². The Kier molecular flexibility index (Phi) is 8.82. The predicted molar refractivity (Wildman–Crippen MR) is 141 cm³/mol. The normalized spacial score (nSPS) is 23.8. The molecule has 200 valence electrons. The molecule has 4 rings (SSSR count). The van der Waals surface area contributed by atoms with E-state index in [1.807, 2.05) is 0 Å². The van der Waals surface area contributed by atoms with Gasteiger partial charge >= 0.3 is 0 Å². The fourth-order valence-electron chi connectivity index (χ4n) is 4.88. The number of anilines is 1. The summed E-state index contributed by atoms with van der Waals surface area (Å²) < 4.78 is 25.6. The van der Waals surface area contributed by atoms with Crippen LogP contribution in [0.5, 0.6) is 5.75 Å². The second-order valence-electron chi connectivity index (χ2n) is 10.5. The van der Waals surface area contributed by atoms with Gasteiger partial charge in [0, 0.05) is 57.5 Å². The fourth-order valence-corrected chi connectivity index (χ4v) is 4.88. The molecule has 0 unspecified atom stereocenters. The van der Waals surface area contributed by atoms with Gasteiger partial charge in [0.1, 0.15) is 18.2 Å². The van der Waals surface area contributed by atoms with Crippen molar-refractivity contribution >= 4 is 17.5 Å². The summed E-state index contributed by atoms with van der Waals surface area (Å²) in [6.45, 7) is 6.32. The molecule has 1 saturated carbocycles. The van der Waals surface area contributed by atoms with E-state index in [2.05, 4.69) is 24.1 Å². The van der Waals surface area contributed by atoms with E-state index in [4.69, 9.17) is 9.47 Å². The highest BCUT2D eigenvalue weighted by Crippen LogP contribution is 2.30. The lowest BCUT2D eigenvalue weighted by molar-refractivity contribution is -0.122. The number of halogens is 1. The molecule has 8 heteroatoms. The van der Waals surface area contributed by atoms with E-state index in [1.54, 1.807) is 49.4 Å². The summed E-state index contributed by atoms with van der Waals surface area (Å²) in [6, 6.07) is 11.8. The van der Waals surface area contributed by atoms with Crippen molar-refractivity contribution in [2.75, 3.05) is 39.2 Å². The second-order valence-corrected chi connectivity index (χ2v) is 10.5. The van der Waals surface area contributed by atoms with Gasteiger partial charge in [-0.25, -0.2) is 4.39 Å². The molecule has 0 aromatic heterocycles. The molecular formula is C29H38FN3O4. The van der Waals surface area contributed by atoms with E-state index >= 15 is 0 Å².